The second-order valence-electron chi connectivity index (χ2n) is 6.60. The lowest BCUT2D eigenvalue weighted by molar-refractivity contribution is 0.611. The number of rotatable bonds is 3. The second-order valence-corrected chi connectivity index (χ2v) is 6.60. The van der Waals surface area contributed by atoms with Crippen LogP contribution in [-0.2, 0) is 0 Å². The summed E-state index contributed by atoms with van der Waals surface area (Å²) in [6.45, 7) is 4.33. The normalized spacial score (nSPS) is 26.7. The summed E-state index contributed by atoms with van der Waals surface area (Å²) in [5.41, 5.74) is 11.2. The number of nitrogens with one attached hydrogen (secondary N) is 1. The molecule has 0 bridgehead atoms. The molecule has 1 aromatic rings. The molecule has 3 N–H and O–H groups in total. The Hall–Kier alpha value is -2.19. The Bertz CT molecular complexity index is 717. The minimum atomic E-state index is -0.0979. The highest BCUT2D eigenvalue weighted by Gasteiger charge is 2.21. The first kappa shape index (κ1) is 15.7. The predicted molar refractivity (Wildman–Crippen MR) is 98.5 cm³/mol. The molecule has 3 rings (SSSR count). The number of hydrogen-bond acceptors (Lipinski definition) is 2. The zero-order valence-corrected chi connectivity index (χ0v) is 13.8. The van der Waals surface area contributed by atoms with Crippen molar-refractivity contribution >= 4 is 11.3 Å². The van der Waals surface area contributed by atoms with E-state index in [0.717, 1.165) is 17.6 Å². The largest absolute Gasteiger partial charge is 0.323 e. The van der Waals surface area contributed by atoms with Crippen LogP contribution in [0, 0.1) is 17.2 Å². The minimum absolute atomic E-state index is 0.0979. The summed E-state index contributed by atoms with van der Waals surface area (Å²) >= 11 is 0. The molecule has 0 spiro atoms. The summed E-state index contributed by atoms with van der Waals surface area (Å²) in [5, 5.41) is 8.48. The van der Waals surface area contributed by atoms with Gasteiger partial charge in [0.15, 0.2) is 0 Å². The Morgan fingerprint density at radius 2 is 1.74 bits per heavy atom. The number of hydrogen-bond donors (Lipinski definition) is 2. The molecule has 2 aliphatic carbocycles. The van der Waals surface area contributed by atoms with Crippen molar-refractivity contribution in [1.29, 1.82) is 5.41 Å². The van der Waals surface area contributed by atoms with Gasteiger partial charge in [0.05, 0.1) is 5.71 Å². The molecule has 118 valence electrons. The van der Waals surface area contributed by atoms with E-state index < -0.39 is 0 Å². The van der Waals surface area contributed by atoms with Gasteiger partial charge in [-0.05, 0) is 40.5 Å². The van der Waals surface area contributed by atoms with Gasteiger partial charge in [-0.25, -0.2) is 0 Å². The standard InChI is InChI=1S/C21H24N2/c1-14-5-3-7-18(13-14)16-9-11-17(12-10-16)21(23)19-8-4-6-15(2)20(19)22/h3-12,14-15,20,23H,13,22H2,1-2H3. The maximum atomic E-state index is 8.48. The van der Waals surface area contributed by atoms with Crippen LogP contribution in [0.5, 0.6) is 0 Å². The third-order valence-electron chi connectivity index (χ3n) is 4.73. The van der Waals surface area contributed by atoms with Gasteiger partial charge < -0.3 is 5.73 Å². The van der Waals surface area contributed by atoms with Crippen LogP contribution in [0.1, 0.15) is 31.4 Å². The first-order valence-electron chi connectivity index (χ1n) is 8.27. The first-order valence-corrected chi connectivity index (χ1v) is 8.27. The van der Waals surface area contributed by atoms with E-state index in [0.29, 0.717) is 11.6 Å². The molecule has 0 saturated carbocycles. The van der Waals surface area contributed by atoms with Crippen molar-refractivity contribution in [2.24, 2.45) is 17.6 Å². The van der Waals surface area contributed by atoms with E-state index in [9.17, 15) is 0 Å². The highest BCUT2D eigenvalue weighted by molar-refractivity contribution is 6.11. The van der Waals surface area contributed by atoms with Crippen LogP contribution in [0.2, 0.25) is 0 Å². The Labute approximate surface area is 138 Å². The average molecular weight is 304 g/mol. The molecule has 3 atom stereocenters. The minimum Gasteiger partial charge on any atom is -0.323 e. The summed E-state index contributed by atoms with van der Waals surface area (Å²) in [4.78, 5) is 0. The molecule has 0 aliphatic heterocycles. The quantitative estimate of drug-likeness (QED) is 0.794. The number of benzene rings is 1. The van der Waals surface area contributed by atoms with Crippen LogP contribution in [-0.4, -0.2) is 11.8 Å². The van der Waals surface area contributed by atoms with Crippen LogP contribution in [0.25, 0.3) is 5.57 Å². The van der Waals surface area contributed by atoms with E-state index in [1.807, 2.05) is 24.3 Å². The Kier molecular flexibility index (Phi) is 4.44. The average Bonchev–Trinajstić information content (AvgIpc) is 2.57. The van der Waals surface area contributed by atoms with Crippen molar-refractivity contribution in [2.75, 3.05) is 0 Å². The second kappa shape index (κ2) is 6.51. The van der Waals surface area contributed by atoms with E-state index in [1.165, 1.54) is 11.1 Å². The van der Waals surface area contributed by atoms with Gasteiger partial charge in [0, 0.05) is 6.04 Å². The van der Waals surface area contributed by atoms with Crippen LogP contribution >= 0.6 is 0 Å². The highest BCUT2D eigenvalue weighted by atomic mass is 14.7. The maximum Gasteiger partial charge on any atom is 0.0660 e. The van der Waals surface area contributed by atoms with Gasteiger partial charge in [-0.1, -0.05) is 74.6 Å². The van der Waals surface area contributed by atoms with Crippen molar-refractivity contribution in [3.8, 4) is 0 Å². The highest BCUT2D eigenvalue weighted by Crippen LogP contribution is 2.28. The maximum absolute atomic E-state index is 8.48. The topological polar surface area (TPSA) is 49.9 Å². The molecular weight excluding hydrogens is 280 g/mol. The third kappa shape index (κ3) is 3.27. The van der Waals surface area contributed by atoms with Crippen molar-refractivity contribution in [3.63, 3.8) is 0 Å². The molecule has 0 saturated heterocycles. The fraction of sp³-hybridized carbons (Fsp3) is 0.286. The lowest BCUT2D eigenvalue weighted by atomic mass is 9.85. The van der Waals surface area contributed by atoms with Crippen LogP contribution in [0.3, 0.4) is 0 Å². The number of allylic oxidation sites excluding steroid dienone is 6. The first-order chi connectivity index (χ1) is 11.1. The monoisotopic (exact) mass is 304 g/mol. The summed E-state index contributed by atoms with van der Waals surface area (Å²) in [7, 11) is 0. The molecule has 2 nitrogen and oxygen atoms in total. The molecule has 0 amide bonds. The van der Waals surface area contributed by atoms with E-state index >= 15 is 0 Å². The van der Waals surface area contributed by atoms with Crippen LogP contribution in [0.15, 0.2) is 66.3 Å². The van der Waals surface area contributed by atoms with Gasteiger partial charge in [-0.2, -0.15) is 0 Å². The van der Waals surface area contributed by atoms with E-state index in [4.69, 9.17) is 11.1 Å². The zero-order valence-electron chi connectivity index (χ0n) is 13.8. The Morgan fingerprint density at radius 3 is 2.43 bits per heavy atom. The van der Waals surface area contributed by atoms with Gasteiger partial charge in [-0.15, -0.1) is 0 Å². The molecule has 2 heteroatoms. The van der Waals surface area contributed by atoms with Crippen LogP contribution in [0.4, 0.5) is 0 Å². The molecule has 0 heterocycles. The molecule has 0 aromatic heterocycles. The molecule has 0 radical (unpaired) electrons. The van der Waals surface area contributed by atoms with Gasteiger partial charge in [0.2, 0.25) is 0 Å². The fourth-order valence-electron chi connectivity index (χ4n) is 3.17. The van der Waals surface area contributed by atoms with E-state index in [2.05, 4.69) is 50.3 Å². The van der Waals surface area contributed by atoms with Gasteiger partial charge in [0.25, 0.3) is 0 Å². The fourth-order valence-corrected chi connectivity index (χ4v) is 3.17. The number of nitrogens with two attached hydrogens (primary N) is 1. The summed E-state index contributed by atoms with van der Waals surface area (Å²) < 4.78 is 0. The summed E-state index contributed by atoms with van der Waals surface area (Å²) in [5.74, 6) is 0.863. The Balaban J connectivity index is 1.81. The SMILES string of the molecule is CC1C=CC=C(c2ccc(C(=N)C3=CC=CC(C)C3N)cc2)C1. The van der Waals surface area contributed by atoms with Gasteiger partial charge >= 0.3 is 0 Å². The Morgan fingerprint density at radius 1 is 1.04 bits per heavy atom. The van der Waals surface area contributed by atoms with Crippen molar-refractivity contribution in [2.45, 2.75) is 26.3 Å². The van der Waals surface area contributed by atoms with Crippen LogP contribution < -0.4 is 5.73 Å². The zero-order chi connectivity index (χ0) is 16.4. The molecular formula is C21H24N2. The van der Waals surface area contributed by atoms with Crippen molar-refractivity contribution in [3.05, 3.63) is 77.4 Å². The summed E-state index contributed by atoms with van der Waals surface area (Å²) in [6, 6.07) is 8.22. The van der Waals surface area contributed by atoms with E-state index in [-0.39, 0.29) is 12.0 Å². The summed E-state index contributed by atoms with van der Waals surface area (Å²) in [6.07, 6.45) is 13.7. The van der Waals surface area contributed by atoms with E-state index in [1.54, 1.807) is 0 Å². The van der Waals surface area contributed by atoms with Crippen molar-refractivity contribution < 1.29 is 0 Å². The predicted octanol–water partition coefficient (Wildman–Crippen LogP) is 4.49. The van der Waals surface area contributed by atoms with Crippen molar-refractivity contribution in [1.82, 2.24) is 0 Å². The van der Waals surface area contributed by atoms with Gasteiger partial charge in [0.1, 0.15) is 0 Å². The molecule has 2 aliphatic rings. The molecule has 23 heavy (non-hydrogen) atoms. The molecule has 0 fully saturated rings. The lowest BCUT2D eigenvalue weighted by Gasteiger charge is -2.24. The van der Waals surface area contributed by atoms with Gasteiger partial charge in [-0.3, -0.25) is 5.41 Å². The smallest absolute Gasteiger partial charge is 0.0660 e. The lowest BCUT2D eigenvalue weighted by Crippen LogP contribution is -2.34. The third-order valence-corrected chi connectivity index (χ3v) is 4.73. The molecule has 3 unspecified atom stereocenters. The molecule has 1 aromatic carbocycles.